The Labute approximate surface area is 78.7 Å². The summed E-state index contributed by atoms with van der Waals surface area (Å²) < 4.78 is 0. The van der Waals surface area contributed by atoms with Crippen LogP contribution in [0.1, 0.15) is 41.5 Å². The van der Waals surface area contributed by atoms with Crippen LogP contribution < -0.4 is 0 Å². The van der Waals surface area contributed by atoms with E-state index in [9.17, 15) is 0 Å². The lowest BCUT2D eigenvalue weighted by atomic mass is 10.2. The zero-order valence-electron chi connectivity index (χ0n) is 8.22. The highest BCUT2D eigenvalue weighted by molar-refractivity contribution is 5.18. The van der Waals surface area contributed by atoms with Crippen LogP contribution in [0.3, 0.4) is 0 Å². The molecule has 0 heterocycles. The fourth-order valence-corrected chi connectivity index (χ4v) is 0.421. The van der Waals surface area contributed by atoms with Crippen molar-refractivity contribution in [1.82, 2.24) is 0 Å². The minimum Gasteiger partial charge on any atom is -0.0958 e. The average molecular weight is 168 g/mol. The monoisotopic (exact) mass is 168 g/mol. The van der Waals surface area contributed by atoms with E-state index in [-0.39, 0.29) is 7.43 Å². The molecule has 0 aliphatic rings. The molecule has 0 aliphatic heterocycles. The molecule has 72 valence electrons. The first-order valence-corrected chi connectivity index (χ1v) is 4.28. The molecule has 0 N–H and O–H groups in total. The fraction of sp³-hybridized carbons (Fsp3) is 0.500. The van der Waals surface area contributed by atoms with Gasteiger partial charge in [-0.15, -0.1) is 0 Å². The molecule has 0 aromatic carbocycles. The maximum atomic E-state index is 3.82. The van der Waals surface area contributed by atoms with E-state index < -0.39 is 0 Å². The zero-order valence-corrected chi connectivity index (χ0v) is 8.22. The summed E-state index contributed by atoms with van der Waals surface area (Å²) in [6, 6.07) is 0. The van der Waals surface area contributed by atoms with Crippen LogP contribution in [0.2, 0.25) is 0 Å². The second kappa shape index (κ2) is 16.7. The van der Waals surface area contributed by atoms with Gasteiger partial charge in [0.25, 0.3) is 0 Å². The third-order valence-corrected chi connectivity index (χ3v) is 1.09. The van der Waals surface area contributed by atoms with Crippen LogP contribution in [-0.2, 0) is 0 Å². The lowest BCUT2D eigenvalue weighted by Crippen LogP contribution is -1.66. The van der Waals surface area contributed by atoms with Crippen LogP contribution in [0.5, 0.6) is 0 Å². The summed E-state index contributed by atoms with van der Waals surface area (Å²) in [5, 5.41) is 0. The van der Waals surface area contributed by atoms with Crippen molar-refractivity contribution in [3.05, 3.63) is 36.5 Å². The molecular weight excluding hydrogens is 144 g/mol. The number of rotatable bonds is 3. The quantitative estimate of drug-likeness (QED) is 0.534. The maximum Gasteiger partial charge on any atom is -0.0313 e. The number of hydrogen-bond donors (Lipinski definition) is 0. The van der Waals surface area contributed by atoms with Gasteiger partial charge in [0.1, 0.15) is 0 Å². The van der Waals surface area contributed by atoms with E-state index in [1.54, 1.807) is 0 Å². The van der Waals surface area contributed by atoms with Crippen LogP contribution >= 0.6 is 0 Å². The molecule has 0 radical (unpaired) electrons. The van der Waals surface area contributed by atoms with Gasteiger partial charge in [0.2, 0.25) is 0 Å². The minimum atomic E-state index is 0. The number of allylic oxidation sites excluding steroid dienone is 5. The highest BCUT2D eigenvalue weighted by atomic mass is 13.8. The van der Waals surface area contributed by atoms with Crippen LogP contribution in [0.25, 0.3) is 0 Å². The number of hydrogen-bond acceptors (Lipinski definition) is 0. The summed E-state index contributed by atoms with van der Waals surface area (Å²) >= 11 is 0. The first kappa shape index (κ1) is 17.3. The molecule has 0 spiro atoms. The van der Waals surface area contributed by atoms with Gasteiger partial charge < -0.3 is 0 Å². The normalized spacial score (nSPS) is 9.00. The Morgan fingerprint density at radius 1 is 1.25 bits per heavy atom. The summed E-state index contributed by atoms with van der Waals surface area (Å²) in [6.45, 7) is 11.9. The molecule has 12 heavy (non-hydrogen) atoms. The summed E-state index contributed by atoms with van der Waals surface area (Å²) in [5.41, 5.74) is 1.17. The third-order valence-electron chi connectivity index (χ3n) is 1.09. The van der Waals surface area contributed by atoms with Crippen molar-refractivity contribution in [2.24, 2.45) is 0 Å². The third kappa shape index (κ3) is 16.1. The Kier molecular flexibility index (Phi) is 24.1. The van der Waals surface area contributed by atoms with E-state index in [4.69, 9.17) is 0 Å². The second-order valence-corrected chi connectivity index (χ2v) is 1.90. The first-order chi connectivity index (χ1) is 5.31. The maximum absolute atomic E-state index is 3.82. The predicted octanol–water partition coefficient (Wildman–Crippen LogP) is 4.75. The van der Waals surface area contributed by atoms with Crippen molar-refractivity contribution in [1.29, 1.82) is 0 Å². The molecule has 0 saturated heterocycles. The Morgan fingerprint density at radius 3 is 2.08 bits per heavy atom. The van der Waals surface area contributed by atoms with Gasteiger partial charge in [0.05, 0.1) is 0 Å². The molecule has 0 aliphatic carbocycles. The fourth-order valence-electron chi connectivity index (χ4n) is 0.421. The van der Waals surface area contributed by atoms with E-state index in [2.05, 4.69) is 13.5 Å². The lowest BCUT2D eigenvalue weighted by molar-refractivity contribution is 1.16. The van der Waals surface area contributed by atoms with Crippen LogP contribution in [0.15, 0.2) is 36.5 Å². The minimum absolute atomic E-state index is 0. The Bertz CT molecular complexity index is 127. The van der Waals surface area contributed by atoms with E-state index in [0.29, 0.717) is 0 Å². The van der Waals surface area contributed by atoms with Gasteiger partial charge in [-0.3, -0.25) is 0 Å². The molecule has 0 aromatic rings. The lowest BCUT2D eigenvalue weighted by Gasteiger charge is -1.86. The molecule has 0 heteroatoms. The van der Waals surface area contributed by atoms with E-state index >= 15 is 0 Å². The highest BCUT2D eigenvalue weighted by Gasteiger charge is 1.76. The molecule has 0 fully saturated rings. The van der Waals surface area contributed by atoms with E-state index in [0.717, 1.165) is 6.42 Å². The van der Waals surface area contributed by atoms with Gasteiger partial charge in [-0.05, 0) is 13.3 Å². The van der Waals surface area contributed by atoms with Gasteiger partial charge in [-0.2, -0.15) is 0 Å². The molecule has 0 bridgehead atoms. The zero-order chi connectivity index (χ0) is 9.11. The molecule has 0 atom stereocenters. The molecule has 0 rings (SSSR count). The Hall–Kier alpha value is -0.780. The molecule has 0 nitrogen and oxygen atoms in total. The van der Waals surface area contributed by atoms with Crippen molar-refractivity contribution in [3.8, 4) is 0 Å². The topological polar surface area (TPSA) is 0 Å². The summed E-state index contributed by atoms with van der Waals surface area (Å²) in [6.07, 6.45) is 9.07. The van der Waals surface area contributed by atoms with Crippen molar-refractivity contribution in [2.45, 2.75) is 41.5 Å². The predicted molar refractivity (Wildman–Crippen MR) is 61.5 cm³/mol. The first-order valence-electron chi connectivity index (χ1n) is 4.28. The smallest absolute Gasteiger partial charge is 0.0313 e. The summed E-state index contributed by atoms with van der Waals surface area (Å²) in [5.74, 6) is 0. The summed E-state index contributed by atoms with van der Waals surface area (Å²) in [7, 11) is 0. The van der Waals surface area contributed by atoms with Gasteiger partial charge in [0, 0.05) is 0 Å². The van der Waals surface area contributed by atoms with Crippen LogP contribution in [0, 0.1) is 0 Å². The Balaban J connectivity index is -0.000000249. The van der Waals surface area contributed by atoms with Gasteiger partial charge in [-0.25, -0.2) is 0 Å². The van der Waals surface area contributed by atoms with Crippen molar-refractivity contribution >= 4 is 0 Å². The Morgan fingerprint density at radius 2 is 1.75 bits per heavy atom. The molecule has 0 amide bonds. The van der Waals surface area contributed by atoms with Crippen molar-refractivity contribution in [3.63, 3.8) is 0 Å². The van der Waals surface area contributed by atoms with Crippen LogP contribution in [0.4, 0.5) is 0 Å². The van der Waals surface area contributed by atoms with Crippen molar-refractivity contribution in [2.75, 3.05) is 0 Å². The largest absolute Gasteiger partial charge is 0.0958 e. The molecule has 0 saturated carbocycles. The summed E-state index contributed by atoms with van der Waals surface area (Å²) in [4.78, 5) is 0. The standard InChI is InChI=1S/C9H14.C2H6.CH4/c1-4-6-7-8-9(3)5-2;1-2;/h4,6-8H,3,5H2,1-2H3;1-2H3;1H4/b6-4-,8-7-;;. The van der Waals surface area contributed by atoms with E-state index in [1.165, 1.54) is 5.57 Å². The highest BCUT2D eigenvalue weighted by Crippen LogP contribution is 1.97. The van der Waals surface area contributed by atoms with Crippen LogP contribution in [-0.4, -0.2) is 0 Å². The van der Waals surface area contributed by atoms with Crippen molar-refractivity contribution < 1.29 is 0 Å². The molecular formula is C12H24. The molecule has 0 unspecified atom stereocenters. The van der Waals surface area contributed by atoms with Gasteiger partial charge in [0.15, 0.2) is 0 Å². The second-order valence-electron chi connectivity index (χ2n) is 1.90. The average Bonchev–Trinajstić information content (AvgIpc) is 2.08. The molecule has 0 aromatic heterocycles. The van der Waals surface area contributed by atoms with Gasteiger partial charge in [-0.1, -0.05) is 64.7 Å². The van der Waals surface area contributed by atoms with E-state index in [1.807, 2.05) is 45.1 Å². The van der Waals surface area contributed by atoms with Gasteiger partial charge >= 0.3 is 0 Å². The SMILES string of the molecule is C.C=C(/C=C\C=C/C)CC.CC.